The van der Waals surface area contributed by atoms with Gasteiger partial charge in [-0.1, -0.05) is 48.8 Å². The first-order valence-corrected chi connectivity index (χ1v) is 5.46. The van der Waals surface area contributed by atoms with Crippen LogP contribution in [0, 0.1) is 5.92 Å². The van der Waals surface area contributed by atoms with Gasteiger partial charge in [-0.05, 0) is 40.0 Å². The van der Waals surface area contributed by atoms with Crippen LogP contribution in [0.25, 0.3) is 0 Å². The first-order chi connectivity index (χ1) is 6.51. The van der Waals surface area contributed by atoms with E-state index in [0.29, 0.717) is 5.92 Å². The maximum absolute atomic E-state index is 2.32. The Hall–Kier alpha value is -0.780. The van der Waals surface area contributed by atoms with Crippen molar-refractivity contribution in [2.24, 2.45) is 5.92 Å². The average molecular weight is 192 g/mol. The Morgan fingerprint density at radius 2 is 1.64 bits per heavy atom. The molecule has 0 amide bonds. The van der Waals surface area contributed by atoms with E-state index < -0.39 is 0 Å². The van der Waals surface area contributed by atoms with E-state index in [1.54, 1.807) is 0 Å². The van der Waals surface area contributed by atoms with Gasteiger partial charge in [0.1, 0.15) is 0 Å². The van der Waals surface area contributed by atoms with E-state index in [4.69, 9.17) is 0 Å². The Labute approximate surface area is 89.4 Å². The Morgan fingerprint density at radius 1 is 1.07 bits per heavy atom. The molecule has 0 rings (SSSR count). The molecule has 0 fully saturated rings. The van der Waals surface area contributed by atoms with E-state index in [1.165, 1.54) is 16.7 Å². The van der Waals surface area contributed by atoms with Crippen molar-refractivity contribution in [1.29, 1.82) is 0 Å². The summed E-state index contributed by atoms with van der Waals surface area (Å²) in [7, 11) is 0. The second-order valence-corrected chi connectivity index (χ2v) is 4.22. The first-order valence-electron chi connectivity index (χ1n) is 5.46. The van der Waals surface area contributed by atoms with Gasteiger partial charge >= 0.3 is 0 Å². The predicted molar refractivity (Wildman–Crippen MR) is 66.4 cm³/mol. The topological polar surface area (TPSA) is 0 Å². The smallest absolute Gasteiger partial charge is 0.0106 e. The molecule has 0 aromatic rings. The standard InChI is InChI=1S/C14H24/c1-7-12(5)9-14(11(3)4)10-13(6)8-2/h7-9,11H,10H2,1-6H3. The van der Waals surface area contributed by atoms with Crippen molar-refractivity contribution in [1.82, 2.24) is 0 Å². The highest BCUT2D eigenvalue weighted by Gasteiger charge is 2.03. The summed E-state index contributed by atoms with van der Waals surface area (Å²) in [4.78, 5) is 0. The van der Waals surface area contributed by atoms with Crippen LogP contribution in [-0.2, 0) is 0 Å². The van der Waals surface area contributed by atoms with E-state index in [9.17, 15) is 0 Å². The predicted octanol–water partition coefficient (Wildman–Crippen LogP) is 4.89. The number of rotatable bonds is 4. The summed E-state index contributed by atoms with van der Waals surface area (Å²) >= 11 is 0. The van der Waals surface area contributed by atoms with E-state index >= 15 is 0 Å². The van der Waals surface area contributed by atoms with Gasteiger partial charge in [0.2, 0.25) is 0 Å². The van der Waals surface area contributed by atoms with Crippen LogP contribution in [0.4, 0.5) is 0 Å². The molecule has 0 unspecified atom stereocenters. The summed E-state index contributed by atoms with van der Waals surface area (Å²) in [5.41, 5.74) is 4.34. The normalized spacial score (nSPS) is 15.2. The van der Waals surface area contributed by atoms with Gasteiger partial charge in [-0.15, -0.1) is 0 Å². The molecule has 0 atom stereocenters. The largest absolute Gasteiger partial charge is 0.0884 e. The minimum Gasteiger partial charge on any atom is -0.0884 e. The highest BCUT2D eigenvalue weighted by Crippen LogP contribution is 2.20. The molecule has 0 nitrogen and oxygen atoms in total. The molecular formula is C14H24. The monoisotopic (exact) mass is 192 g/mol. The van der Waals surface area contributed by atoms with Crippen molar-refractivity contribution in [3.05, 3.63) is 34.9 Å². The Bertz CT molecular complexity index is 249. The minimum atomic E-state index is 0.639. The molecule has 0 radical (unpaired) electrons. The molecule has 0 aliphatic carbocycles. The summed E-state index contributed by atoms with van der Waals surface area (Å²) < 4.78 is 0. The molecule has 0 saturated carbocycles. The number of hydrogen-bond acceptors (Lipinski definition) is 0. The van der Waals surface area contributed by atoms with Crippen LogP contribution in [0.1, 0.15) is 48.0 Å². The third kappa shape index (κ3) is 5.06. The first kappa shape index (κ1) is 13.2. The van der Waals surface area contributed by atoms with Gasteiger partial charge < -0.3 is 0 Å². The van der Waals surface area contributed by atoms with Crippen LogP contribution < -0.4 is 0 Å². The highest BCUT2D eigenvalue weighted by atomic mass is 14.1. The number of hydrogen-bond donors (Lipinski definition) is 0. The van der Waals surface area contributed by atoms with E-state index in [2.05, 4.69) is 59.8 Å². The summed E-state index contributed by atoms with van der Waals surface area (Å²) in [6, 6.07) is 0. The Balaban J connectivity index is 4.70. The van der Waals surface area contributed by atoms with Crippen LogP contribution in [0.15, 0.2) is 34.9 Å². The quantitative estimate of drug-likeness (QED) is 0.439. The zero-order valence-electron chi connectivity index (χ0n) is 10.5. The van der Waals surface area contributed by atoms with Gasteiger partial charge in [0, 0.05) is 0 Å². The van der Waals surface area contributed by atoms with Crippen LogP contribution in [0.5, 0.6) is 0 Å². The molecule has 0 heteroatoms. The van der Waals surface area contributed by atoms with Crippen molar-refractivity contribution in [2.45, 2.75) is 48.0 Å². The minimum absolute atomic E-state index is 0.639. The lowest BCUT2D eigenvalue weighted by Gasteiger charge is -2.12. The summed E-state index contributed by atoms with van der Waals surface area (Å²) in [5, 5.41) is 0. The summed E-state index contributed by atoms with van der Waals surface area (Å²) in [5.74, 6) is 0.639. The van der Waals surface area contributed by atoms with Crippen molar-refractivity contribution in [3.63, 3.8) is 0 Å². The molecule has 0 aliphatic rings. The van der Waals surface area contributed by atoms with E-state index in [1.807, 2.05) is 0 Å². The fourth-order valence-electron chi connectivity index (χ4n) is 1.22. The van der Waals surface area contributed by atoms with Gasteiger partial charge in [0.05, 0.1) is 0 Å². The second-order valence-electron chi connectivity index (χ2n) is 4.22. The molecule has 80 valence electrons. The van der Waals surface area contributed by atoms with Crippen molar-refractivity contribution in [3.8, 4) is 0 Å². The molecule has 0 bridgehead atoms. The molecule has 0 heterocycles. The molecule has 0 aromatic heterocycles. The molecule has 0 N–H and O–H groups in total. The third-order valence-electron chi connectivity index (χ3n) is 2.59. The zero-order valence-corrected chi connectivity index (χ0v) is 10.5. The molecular weight excluding hydrogens is 168 g/mol. The van der Waals surface area contributed by atoms with Gasteiger partial charge in [-0.25, -0.2) is 0 Å². The zero-order chi connectivity index (χ0) is 11.1. The molecule has 14 heavy (non-hydrogen) atoms. The summed E-state index contributed by atoms with van der Waals surface area (Å²) in [6.45, 7) is 13.1. The van der Waals surface area contributed by atoms with Gasteiger partial charge in [-0.2, -0.15) is 0 Å². The van der Waals surface area contributed by atoms with Crippen molar-refractivity contribution in [2.75, 3.05) is 0 Å². The van der Waals surface area contributed by atoms with Gasteiger partial charge in [0.15, 0.2) is 0 Å². The summed E-state index contributed by atoms with van der Waals surface area (Å²) in [6.07, 6.45) is 7.78. The molecule has 0 saturated heterocycles. The van der Waals surface area contributed by atoms with E-state index in [-0.39, 0.29) is 0 Å². The SMILES string of the molecule is CC=C(C)C=C(CC(C)=CC)C(C)C. The number of allylic oxidation sites excluding steroid dienone is 6. The van der Waals surface area contributed by atoms with Gasteiger partial charge in [-0.3, -0.25) is 0 Å². The lowest BCUT2D eigenvalue weighted by Crippen LogP contribution is -1.95. The van der Waals surface area contributed by atoms with Crippen LogP contribution in [-0.4, -0.2) is 0 Å². The molecule has 0 spiro atoms. The highest BCUT2D eigenvalue weighted by molar-refractivity contribution is 5.25. The average Bonchev–Trinajstić information content (AvgIpc) is 2.16. The third-order valence-corrected chi connectivity index (χ3v) is 2.59. The van der Waals surface area contributed by atoms with Gasteiger partial charge in [0.25, 0.3) is 0 Å². The molecule has 0 aromatic carbocycles. The van der Waals surface area contributed by atoms with Crippen LogP contribution >= 0.6 is 0 Å². The van der Waals surface area contributed by atoms with Crippen LogP contribution in [0.3, 0.4) is 0 Å². The lowest BCUT2D eigenvalue weighted by atomic mass is 9.94. The lowest BCUT2D eigenvalue weighted by molar-refractivity contribution is 0.736. The maximum atomic E-state index is 2.32. The maximum Gasteiger partial charge on any atom is -0.0106 e. The fourth-order valence-corrected chi connectivity index (χ4v) is 1.22. The van der Waals surface area contributed by atoms with E-state index in [0.717, 1.165) is 6.42 Å². The Kier molecular flexibility index (Phi) is 6.27. The van der Waals surface area contributed by atoms with Crippen molar-refractivity contribution < 1.29 is 0 Å². The molecule has 0 aliphatic heterocycles. The fraction of sp³-hybridized carbons (Fsp3) is 0.571. The van der Waals surface area contributed by atoms with Crippen molar-refractivity contribution >= 4 is 0 Å². The second kappa shape index (κ2) is 6.64. The van der Waals surface area contributed by atoms with Crippen LogP contribution in [0.2, 0.25) is 0 Å². The Morgan fingerprint density at radius 3 is 2.00 bits per heavy atom.